The maximum atomic E-state index is 12.4. The van der Waals surface area contributed by atoms with Crippen LogP contribution in [0.4, 0.5) is 13.2 Å². The quantitative estimate of drug-likeness (QED) is 0.832. The van der Waals surface area contributed by atoms with Gasteiger partial charge in [-0.2, -0.15) is 13.2 Å². The van der Waals surface area contributed by atoms with Gasteiger partial charge in [-0.1, -0.05) is 12.8 Å². The van der Waals surface area contributed by atoms with Crippen molar-refractivity contribution < 1.29 is 18.3 Å². The molecule has 102 valence electrons. The Bertz CT molecular complexity index is 230. The first-order valence-corrected chi connectivity index (χ1v) is 6.28. The molecule has 1 aliphatic rings. The van der Waals surface area contributed by atoms with Gasteiger partial charge in [0.25, 0.3) is 0 Å². The van der Waals surface area contributed by atoms with Gasteiger partial charge >= 0.3 is 6.18 Å². The topological polar surface area (TPSA) is 23.5 Å². The molecule has 0 radical (unpaired) electrons. The minimum absolute atomic E-state index is 0.00602. The smallest absolute Gasteiger partial charge is 0.393 e. The fourth-order valence-electron chi connectivity index (χ4n) is 2.39. The maximum absolute atomic E-state index is 12.4. The first-order chi connectivity index (χ1) is 7.79. The van der Waals surface area contributed by atoms with E-state index in [1.54, 1.807) is 13.8 Å². The second kappa shape index (κ2) is 6.05. The zero-order chi connectivity index (χ0) is 13.1. The number of hydrogen-bond donors (Lipinski definition) is 1. The van der Waals surface area contributed by atoms with E-state index in [2.05, 4.69) is 0 Å². The molecule has 5 heteroatoms. The summed E-state index contributed by atoms with van der Waals surface area (Å²) in [5, 5.41) is 9.79. The summed E-state index contributed by atoms with van der Waals surface area (Å²) in [6, 6.07) is -0.147. The Morgan fingerprint density at radius 3 is 2.29 bits per heavy atom. The molecule has 1 N–H and O–H groups in total. The molecule has 0 spiro atoms. The first kappa shape index (κ1) is 14.8. The van der Waals surface area contributed by atoms with Crippen molar-refractivity contribution in [3.8, 4) is 0 Å². The number of aliphatic hydroxyl groups is 1. The maximum Gasteiger partial charge on any atom is 0.401 e. The van der Waals surface area contributed by atoms with Crippen molar-refractivity contribution in [2.45, 2.75) is 57.9 Å². The van der Waals surface area contributed by atoms with E-state index in [9.17, 15) is 18.3 Å². The van der Waals surface area contributed by atoms with Crippen LogP contribution in [-0.4, -0.2) is 41.4 Å². The molecule has 2 unspecified atom stereocenters. The molecule has 0 aromatic heterocycles. The van der Waals surface area contributed by atoms with Gasteiger partial charge in [0.1, 0.15) is 0 Å². The highest BCUT2D eigenvalue weighted by atomic mass is 19.4. The van der Waals surface area contributed by atoms with Crippen molar-refractivity contribution >= 4 is 0 Å². The van der Waals surface area contributed by atoms with Crippen molar-refractivity contribution in [3.05, 3.63) is 0 Å². The molecule has 0 aromatic rings. The Labute approximate surface area is 101 Å². The lowest BCUT2D eigenvalue weighted by Gasteiger charge is -2.35. The minimum atomic E-state index is -4.16. The van der Waals surface area contributed by atoms with E-state index in [1.165, 1.54) is 4.90 Å². The number of aliphatic hydroxyl groups excluding tert-OH is 1. The lowest BCUT2D eigenvalue weighted by molar-refractivity contribution is -0.152. The van der Waals surface area contributed by atoms with Crippen molar-refractivity contribution in [1.82, 2.24) is 4.90 Å². The van der Waals surface area contributed by atoms with Crippen molar-refractivity contribution in [2.75, 3.05) is 13.1 Å². The predicted molar refractivity (Wildman–Crippen MR) is 60.7 cm³/mol. The van der Waals surface area contributed by atoms with Gasteiger partial charge in [-0.05, 0) is 32.6 Å². The molecule has 1 fully saturated rings. The van der Waals surface area contributed by atoms with E-state index in [4.69, 9.17) is 0 Å². The first-order valence-electron chi connectivity index (χ1n) is 6.28. The molecule has 0 heterocycles. The van der Waals surface area contributed by atoms with Crippen LogP contribution >= 0.6 is 0 Å². The van der Waals surface area contributed by atoms with Gasteiger partial charge in [0, 0.05) is 12.6 Å². The normalized spacial score (nSPS) is 26.8. The highest BCUT2D eigenvalue weighted by Gasteiger charge is 2.34. The van der Waals surface area contributed by atoms with Crippen LogP contribution in [0.15, 0.2) is 0 Å². The standard InChI is InChI=1S/C12H22F3NO/c1-9(2)16(8-12(13,14)15)7-10-5-3-4-6-11(10)17/h9-11,17H,3-8H2,1-2H3. The van der Waals surface area contributed by atoms with E-state index < -0.39 is 18.8 Å². The average Bonchev–Trinajstić information content (AvgIpc) is 2.18. The highest BCUT2D eigenvalue weighted by Crippen LogP contribution is 2.27. The fourth-order valence-corrected chi connectivity index (χ4v) is 2.39. The predicted octanol–water partition coefficient (Wildman–Crippen LogP) is 2.81. The van der Waals surface area contributed by atoms with E-state index >= 15 is 0 Å². The van der Waals surface area contributed by atoms with E-state index in [1.807, 2.05) is 0 Å². The molecule has 0 aromatic carbocycles. The Hall–Kier alpha value is -0.290. The van der Waals surface area contributed by atoms with Gasteiger partial charge < -0.3 is 5.11 Å². The fraction of sp³-hybridized carbons (Fsp3) is 1.00. The summed E-state index contributed by atoms with van der Waals surface area (Å²) in [6.45, 7) is 2.99. The second-order valence-corrected chi connectivity index (χ2v) is 5.25. The summed E-state index contributed by atoms with van der Waals surface area (Å²) in [4.78, 5) is 1.42. The van der Waals surface area contributed by atoms with Crippen LogP contribution in [0.2, 0.25) is 0 Å². The van der Waals surface area contributed by atoms with Crippen LogP contribution in [0.5, 0.6) is 0 Å². The molecule has 0 aliphatic heterocycles. The van der Waals surface area contributed by atoms with Gasteiger partial charge in [0.05, 0.1) is 12.6 Å². The third-order valence-electron chi connectivity index (χ3n) is 3.45. The van der Waals surface area contributed by atoms with Gasteiger partial charge in [-0.25, -0.2) is 0 Å². The molecular formula is C12H22F3NO. The van der Waals surface area contributed by atoms with Crippen molar-refractivity contribution in [3.63, 3.8) is 0 Å². The number of alkyl halides is 3. The third kappa shape index (κ3) is 5.25. The molecule has 1 saturated carbocycles. The molecule has 2 atom stereocenters. The number of halogens is 3. The van der Waals surface area contributed by atoms with E-state index in [-0.39, 0.29) is 12.0 Å². The van der Waals surface area contributed by atoms with Crippen molar-refractivity contribution in [2.24, 2.45) is 5.92 Å². The molecule has 2 nitrogen and oxygen atoms in total. The molecule has 0 saturated heterocycles. The van der Waals surface area contributed by atoms with Gasteiger partial charge in [-0.15, -0.1) is 0 Å². The van der Waals surface area contributed by atoms with Crippen molar-refractivity contribution in [1.29, 1.82) is 0 Å². The zero-order valence-electron chi connectivity index (χ0n) is 10.5. The molecule has 17 heavy (non-hydrogen) atoms. The molecule has 1 aliphatic carbocycles. The summed E-state index contributed by atoms with van der Waals surface area (Å²) >= 11 is 0. The third-order valence-corrected chi connectivity index (χ3v) is 3.45. The van der Waals surface area contributed by atoms with Crippen LogP contribution in [-0.2, 0) is 0 Å². The zero-order valence-corrected chi connectivity index (χ0v) is 10.5. The monoisotopic (exact) mass is 253 g/mol. The molecule has 1 rings (SSSR count). The Balaban J connectivity index is 2.53. The molecule has 0 amide bonds. The van der Waals surface area contributed by atoms with Crippen LogP contribution in [0, 0.1) is 5.92 Å². The van der Waals surface area contributed by atoms with Crippen LogP contribution in [0.3, 0.4) is 0 Å². The molecular weight excluding hydrogens is 231 g/mol. The summed E-state index contributed by atoms with van der Waals surface area (Å²) in [5.74, 6) is -0.00602. The van der Waals surface area contributed by atoms with Gasteiger partial charge in [0.2, 0.25) is 0 Å². The average molecular weight is 253 g/mol. The summed E-state index contributed by atoms with van der Waals surface area (Å²) < 4.78 is 37.2. The lowest BCUT2D eigenvalue weighted by Crippen LogP contribution is -2.44. The summed E-state index contributed by atoms with van der Waals surface area (Å²) in [5.41, 5.74) is 0. The van der Waals surface area contributed by atoms with Crippen LogP contribution in [0.1, 0.15) is 39.5 Å². The lowest BCUT2D eigenvalue weighted by atomic mass is 9.86. The summed E-state index contributed by atoms with van der Waals surface area (Å²) in [7, 11) is 0. The summed E-state index contributed by atoms with van der Waals surface area (Å²) in [6.07, 6.45) is -1.04. The Morgan fingerprint density at radius 1 is 1.24 bits per heavy atom. The highest BCUT2D eigenvalue weighted by molar-refractivity contribution is 4.79. The Kier molecular flexibility index (Phi) is 5.25. The van der Waals surface area contributed by atoms with E-state index in [0.717, 1.165) is 25.7 Å². The van der Waals surface area contributed by atoms with Crippen LogP contribution < -0.4 is 0 Å². The number of rotatable bonds is 4. The van der Waals surface area contributed by atoms with Gasteiger partial charge in [0.15, 0.2) is 0 Å². The number of nitrogens with zero attached hydrogens (tertiary/aromatic N) is 1. The van der Waals surface area contributed by atoms with E-state index in [0.29, 0.717) is 6.54 Å². The Morgan fingerprint density at radius 2 is 1.82 bits per heavy atom. The number of hydrogen-bond acceptors (Lipinski definition) is 2. The van der Waals surface area contributed by atoms with Gasteiger partial charge in [-0.3, -0.25) is 4.90 Å². The molecule has 0 bridgehead atoms. The SMILES string of the molecule is CC(C)N(CC1CCCCC1O)CC(F)(F)F. The van der Waals surface area contributed by atoms with Crippen LogP contribution in [0.25, 0.3) is 0 Å². The minimum Gasteiger partial charge on any atom is -0.393 e. The second-order valence-electron chi connectivity index (χ2n) is 5.25. The largest absolute Gasteiger partial charge is 0.401 e.